The van der Waals surface area contributed by atoms with Crippen molar-refractivity contribution >= 4 is 16.8 Å². The van der Waals surface area contributed by atoms with Gasteiger partial charge in [0.2, 0.25) is 5.91 Å². The van der Waals surface area contributed by atoms with Gasteiger partial charge in [-0.15, -0.1) is 0 Å². The van der Waals surface area contributed by atoms with Crippen molar-refractivity contribution in [2.45, 2.75) is 32.4 Å². The zero-order valence-electron chi connectivity index (χ0n) is 11.7. The molecule has 5 nitrogen and oxygen atoms in total. The van der Waals surface area contributed by atoms with Gasteiger partial charge in [0.1, 0.15) is 12.4 Å². The Morgan fingerprint density at radius 2 is 2.10 bits per heavy atom. The number of carbonyl (C=O) groups excluding carboxylic acids is 1. The smallest absolute Gasteiger partial charge is 0.261 e. The van der Waals surface area contributed by atoms with Crippen LogP contribution in [-0.4, -0.2) is 33.4 Å². The molecule has 0 unspecified atom stereocenters. The maximum absolute atomic E-state index is 12.4. The van der Waals surface area contributed by atoms with Crippen molar-refractivity contribution in [3.8, 4) is 0 Å². The summed E-state index contributed by atoms with van der Waals surface area (Å²) in [5.74, 6) is 0.543. The molecule has 0 atom stereocenters. The molecule has 20 heavy (non-hydrogen) atoms. The molecule has 1 heterocycles. The van der Waals surface area contributed by atoms with Gasteiger partial charge in [0.05, 0.1) is 10.9 Å². The maximum Gasteiger partial charge on any atom is 0.261 e. The molecule has 1 aromatic carbocycles. The summed E-state index contributed by atoms with van der Waals surface area (Å²) in [7, 11) is 1.80. The number of para-hydroxylation sites is 1. The summed E-state index contributed by atoms with van der Waals surface area (Å²) in [6, 6.07) is 7.57. The predicted molar refractivity (Wildman–Crippen MR) is 76.5 cm³/mol. The predicted octanol–water partition coefficient (Wildman–Crippen LogP) is 1.33. The van der Waals surface area contributed by atoms with Crippen molar-refractivity contribution in [3.63, 3.8) is 0 Å². The molecule has 0 saturated heterocycles. The quantitative estimate of drug-likeness (QED) is 0.846. The van der Waals surface area contributed by atoms with Gasteiger partial charge in [-0.05, 0) is 31.9 Å². The lowest BCUT2D eigenvalue weighted by atomic mass is 10.2. The summed E-state index contributed by atoms with van der Waals surface area (Å²) >= 11 is 0. The Hall–Kier alpha value is -2.17. The molecule has 2 aromatic rings. The minimum absolute atomic E-state index is 0.0326. The summed E-state index contributed by atoms with van der Waals surface area (Å²) in [6.07, 6.45) is 2.12. The Kier molecular flexibility index (Phi) is 3.04. The van der Waals surface area contributed by atoms with Crippen LogP contribution in [-0.2, 0) is 11.3 Å². The molecule has 1 aliphatic carbocycles. The molecule has 1 aliphatic rings. The fourth-order valence-corrected chi connectivity index (χ4v) is 2.38. The Morgan fingerprint density at radius 1 is 1.40 bits per heavy atom. The van der Waals surface area contributed by atoms with E-state index in [4.69, 9.17) is 0 Å². The van der Waals surface area contributed by atoms with E-state index in [1.807, 2.05) is 18.2 Å². The number of aromatic nitrogens is 2. The fraction of sp³-hybridized carbons (Fsp3) is 0.400. The zero-order chi connectivity index (χ0) is 14.3. The average molecular weight is 271 g/mol. The van der Waals surface area contributed by atoms with E-state index in [9.17, 15) is 9.59 Å². The normalized spacial score (nSPS) is 14.5. The third-order valence-electron chi connectivity index (χ3n) is 3.83. The van der Waals surface area contributed by atoms with E-state index in [1.54, 1.807) is 24.9 Å². The number of nitrogens with zero attached hydrogens (tertiary/aromatic N) is 3. The van der Waals surface area contributed by atoms with Crippen molar-refractivity contribution in [2.24, 2.45) is 0 Å². The van der Waals surface area contributed by atoms with Gasteiger partial charge in [0.25, 0.3) is 5.56 Å². The minimum Gasteiger partial charge on any atom is -0.341 e. The molecular formula is C15H17N3O2. The lowest BCUT2D eigenvalue weighted by Crippen LogP contribution is -2.36. The van der Waals surface area contributed by atoms with Crippen LogP contribution in [0.5, 0.6) is 0 Å². The highest BCUT2D eigenvalue weighted by atomic mass is 16.2. The fourth-order valence-electron chi connectivity index (χ4n) is 2.38. The standard InChI is InChI=1S/C15H17N3O2/c1-10-16-13-6-4-3-5-12(13)15(20)18(10)9-14(19)17(2)11-7-8-11/h3-6,11H,7-9H2,1-2H3. The average Bonchev–Trinajstić information content (AvgIpc) is 3.27. The monoisotopic (exact) mass is 271 g/mol. The summed E-state index contributed by atoms with van der Waals surface area (Å²) in [5.41, 5.74) is 0.528. The lowest BCUT2D eigenvalue weighted by molar-refractivity contribution is -0.131. The van der Waals surface area contributed by atoms with E-state index >= 15 is 0 Å². The second kappa shape index (κ2) is 4.74. The Bertz CT molecular complexity index is 731. The number of carbonyl (C=O) groups is 1. The molecule has 0 bridgehead atoms. The van der Waals surface area contributed by atoms with Gasteiger partial charge >= 0.3 is 0 Å². The number of rotatable bonds is 3. The van der Waals surface area contributed by atoms with E-state index in [2.05, 4.69) is 4.98 Å². The first-order valence-corrected chi connectivity index (χ1v) is 6.80. The van der Waals surface area contributed by atoms with Gasteiger partial charge in [-0.2, -0.15) is 0 Å². The molecule has 0 N–H and O–H groups in total. The third-order valence-corrected chi connectivity index (χ3v) is 3.83. The van der Waals surface area contributed by atoms with Crippen LogP contribution < -0.4 is 5.56 Å². The van der Waals surface area contributed by atoms with Crippen LogP contribution in [0.1, 0.15) is 18.7 Å². The van der Waals surface area contributed by atoms with E-state index in [0.717, 1.165) is 12.8 Å². The number of hydrogen-bond donors (Lipinski definition) is 0. The van der Waals surface area contributed by atoms with Crippen molar-refractivity contribution in [2.75, 3.05) is 7.05 Å². The summed E-state index contributed by atoms with van der Waals surface area (Å²) in [4.78, 5) is 30.8. The van der Waals surface area contributed by atoms with Crippen LogP contribution >= 0.6 is 0 Å². The largest absolute Gasteiger partial charge is 0.341 e. The van der Waals surface area contributed by atoms with E-state index in [-0.39, 0.29) is 18.0 Å². The molecule has 5 heteroatoms. The second-order valence-corrected chi connectivity index (χ2v) is 5.30. The second-order valence-electron chi connectivity index (χ2n) is 5.30. The number of amides is 1. The summed E-state index contributed by atoms with van der Waals surface area (Å²) in [5, 5.41) is 0.556. The van der Waals surface area contributed by atoms with Gasteiger partial charge in [-0.3, -0.25) is 14.2 Å². The van der Waals surface area contributed by atoms with Gasteiger partial charge in [0, 0.05) is 13.1 Å². The van der Waals surface area contributed by atoms with Gasteiger partial charge in [0.15, 0.2) is 0 Å². The summed E-state index contributed by atoms with van der Waals surface area (Å²) in [6.45, 7) is 1.83. The first-order chi connectivity index (χ1) is 9.58. The van der Waals surface area contributed by atoms with E-state index < -0.39 is 0 Å². The highest BCUT2D eigenvalue weighted by molar-refractivity contribution is 5.79. The number of likely N-dealkylation sites (N-methyl/N-ethyl adjacent to an activating group) is 1. The topological polar surface area (TPSA) is 55.2 Å². The van der Waals surface area contributed by atoms with Gasteiger partial charge in [-0.1, -0.05) is 12.1 Å². The van der Waals surface area contributed by atoms with Crippen LogP contribution in [0.2, 0.25) is 0 Å². The van der Waals surface area contributed by atoms with Crippen LogP contribution in [0, 0.1) is 6.92 Å². The van der Waals surface area contributed by atoms with Crippen LogP contribution in [0.3, 0.4) is 0 Å². The van der Waals surface area contributed by atoms with Crippen LogP contribution in [0.25, 0.3) is 10.9 Å². The van der Waals surface area contributed by atoms with Crippen molar-refractivity contribution in [1.82, 2.24) is 14.5 Å². The first kappa shape index (κ1) is 12.8. The zero-order valence-corrected chi connectivity index (χ0v) is 11.7. The van der Waals surface area contributed by atoms with Crippen LogP contribution in [0.15, 0.2) is 29.1 Å². The van der Waals surface area contributed by atoms with Gasteiger partial charge in [-0.25, -0.2) is 4.98 Å². The van der Waals surface area contributed by atoms with E-state index in [0.29, 0.717) is 22.8 Å². The molecular weight excluding hydrogens is 254 g/mol. The molecule has 0 spiro atoms. The maximum atomic E-state index is 12.4. The highest BCUT2D eigenvalue weighted by Crippen LogP contribution is 2.25. The Balaban J connectivity index is 1.98. The number of benzene rings is 1. The molecule has 0 radical (unpaired) electrons. The number of fused-ring (bicyclic) bond motifs is 1. The molecule has 1 saturated carbocycles. The third kappa shape index (κ3) is 2.19. The molecule has 104 valence electrons. The Morgan fingerprint density at radius 3 is 2.80 bits per heavy atom. The number of aryl methyl sites for hydroxylation is 1. The number of hydrogen-bond acceptors (Lipinski definition) is 3. The lowest BCUT2D eigenvalue weighted by Gasteiger charge is -2.18. The molecule has 3 rings (SSSR count). The first-order valence-electron chi connectivity index (χ1n) is 6.80. The SMILES string of the molecule is Cc1nc2ccccc2c(=O)n1CC(=O)N(C)C1CC1. The van der Waals surface area contributed by atoms with Crippen molar-refractivity contribution in [3.05, 3.63) is 40.4 Å². The highest BCUT2D eigenvalue weighted by Gasteiger charge is 2.29. The molecule has 1 fully saturated rings. The minimum atomic E-state index is -0.148. The molecule has 1 amide bonds. The Labute approximate surface area is 116 Å². The molecule has 1 aromatic heterocycles. The van der Waals surface area contributed by atoms with Crippen molar-refractivity contribution < 1.29 is 4.79 Å². The molecule has 0 aliphatic heterocycles. The summed E-state index contributed by atoms with van der Waals surface area (Å²) < 4.78 is 1.46. The van der Waals surface area contributed by atoms with Gasteiger partial charge < -0.3 is 4.90 Å². The van der Waals surface area contributed by atoms with Crippen molar-refractivity contribution in [1.29, 1.82) is 0 Å². The van der Waals surface area contributed by atoms with Crippen LogP contribution in [0.4, 0.5) is 0 Å². The van der Waals surface area contributed by atoms with E-state index in [1.165, 1.54) is 4.57 Å².